The molecule has 1 aromatic rings. The first-order chi connectivity index (χ1) is 9.71. The lowest BCUT2D eigenvalue weighted by Gasteiger charge is -2.29. The molecule has 1 aliphatic heterocycles. The molecule has 0 bridgehead atoms. The van der Waals surface area contributed by atoms with E-state index in [0.717, 1.165) is 36.9 Å². The van der Waals surface area contributed by atoms with Crippen molar-refractivity contribution in [2.24, 2.45) is 0 Å². The van der Waals surface area contributed by atoms with Gasteiger partial charge >= 0.3 is 0 Å². The predicted molar refractivity (Wildman–Crippen MR) is 87.2 cm³/mol. The van der Waals surface area contributed by atoms with Gasteiger partial charge < -0.3 is 15.4 Å². The number of benzene rings is 1. The lowest BCUT2D eigenvalue weighted by molar-refractivity contribution is 0.0891. The molecule has 0 spiro atoms. The highest BCUT2D eigenvalue weighted by atomic mass is 35.5. The van der Waals surface area contributed by atoms with Crippen LogP contribution in [0.15, 0.2) is 24.3 Å². The molecule has 2 rings (SSSR count). The SMILES string of the molecule is CCc1ccccc1C(=O)NCC1(COC)CCCN1.Cl. The molecule has 1 saturated heterocycles. The molecule has 1 unspecified atom stereocenters. The molecule has 0 radical (unpaired) electrons. The molecule has 1 atom stereocenters. The number of nitrogens with one attached hydrogen (secondary N) is 2. The third kappa shape index (κ3) is 4.43. The van der Waals surface area contributed by atoms with E-state index in [1.807, 2.05) is 24.3 Å². The Morgan fingerprint density at radius 1 is 1.43 bits per heavy atom. The smallest absolute Gasteiger partial charge is 0.251 e. The predicted octanol–water partition coefficient (Wildman–Crippen LogP) is 2.17. The fourth-order valence-electron chi connectivity index (χ4n) is 2.86. The van der Waals surface area contributed by atoms with E-state index in [1.54, 1.807) is 7.11 Å². The molecular weight excluding hydrogens is 288 g/mol. The monoisotopic (exact) mass is 312 g/mol. The van der Waals surface area contributed by atoms with Crippen LogP contribution in [0.2, 0.25) is 0 Å². The van der Waals surface area contributed by atoms with E-state index in [1.165, 1.54) is 0 Å². The van der Waals surface area contributed by atoms with Crippen LogP contribution >= 0.6 is 12.4 Å². The first kappa shape index (κ1) is 18.0. The van der Waals surface area contributed by atoms with Gasteiger partial charge in [-0.1, -0.05) is 25.1 Å². The number of hydrogen-bond acceptors (Lipinski definition) is 3. The Hall–Kier alpha value is -1.10. The molecule has 0 saturated carbocycles. The maximum absolute atomic E-state index is 12.3. The highest BCUT2D eigenvalue weighted by molar-refractivity contribution is 5.95. The van der Waals surface area contributed by atoms with Crippen LogP contribution in [0, 0.1) is 0 Å². The maximum Gasteiger partial charge on any atom is 0.251 e. The minimum absolute atomic E-state index is 0. The van der Waals surface area contributed by atoms with Gasteiger partial charge in [-0.05, 0) is 37.4 Å². The summed E-state index contributed by atoms with van der Waals surface area (Å²) in [6, 6.07) is 7.78. The summed E-state index contributed by atoms with van der Waals surface area (Å²) in [6.07, 6.45) is 3.03. The minimum Gasteiger partial charge on any atom is -0.383 e. The molecule has 2 N–H and O–H groups in total. The van der Waals surface area contributed by atoms with Crippen molar-refractivity contribution in [1.29, 1.82) is 0 Å². The summed E-state index contributed by atoms with van der Waals surface area (Å²) < 4.78 is 5.30. The molecule has 0 aliphatic carbocycles. The van der Waals surface area contributed by atoms with E-state index >= 15 is 0 Å². The number of ether oxygens (including phenoxy) is 1. The lowest BCUT2D eigenvalue weighted by Crippen LogP contribution is -2.53. The number of carbonyl (C=O) groups excluding carboxylic acids is 1. The fraction of sp³-hybridized carbons (Fsp3) is 0.562. The normalized spacial score (nSPS) is 20.9. The topological polar surface area (TPSA) is 50.4 Å². The summed E-state index contributed by atoms with van der Waals surface area (Å²) in [5, 5.41) is 6.53. The van der Waals surface area contributed by atoms with Crippen LogP contribution in [0.25, 0.3) is 0 Å². The van der Waals surface area contributed by atoms with Crippen LogP contribution in [-0.2, 0) is 11.2 Å². The Morgan fingerprint density at radius 3 is 2.81 bits per heavy atom. The van der Waals surface area contributed by atoms with Gasteiger partial charge in [-0.3, -0.25) is 4.79 Å². The zero-order valence-electron chi connectivity index (χ0n) is 12.8. The maximum atomic E-state index is 12.3. The quantitative estimate of drug-likeness (QED) is 0.846. The Labute approximate surface area is 133 Å². The van der Waals surface area contributed by atoms with Gasteiger partial charge in [0.15, 0.2) is 0 Å². The van der Waals surface area contributed by atoms with Crippen molar-refractivity contribution in [2.75, 3.05) is 26.8 Å². The fourth-order valence-corrected chi connectivity index (χ4v) is 2.86. The van der Waals surface area contributed by atoms with Gasteiger partial charge in [0.05, 0.1) is 12.1 Å². The van der Waals surface area contributed by atoms with Crippen molar-refractivity contribution in [3.63, 3.8) is 0 Å². The van der Waals surface area contributed by atoms with Crippen LogP contribution < -0.4 is 10.6 Å². The number of rotatable bonds is 6. The molecule has 1 aliphatic rings. The largest absolute Gasteiger partial charge is 0.383 e. The number of halogens is 1. The second-order valence-corrected chi connectivity index (χ2v) is 5.44. The van der Waals surface area contributed by atoms with Crippen LogP contribution in [0.1, 0.15) is 35.7 Å². The summed E-state index contributed by atoms with van der Waals surface area (Å²) >= 11 is 0. The first-order valence-electron chi connectivity index (χ1n) is 7.31. The van der Waals surface area contributed by atoms with E-state index in [0.29, 0.717) is 13.2 Å². The van der Waals surface area contributed by atoms with Gasteiger partial charge in [-0.25, -0.2) is 0 Å². The molecule has 1 fully saturated rings. The van der Waals surface area contributed by atoms with E-state index in [-0.39, 0.29) is 23.9 Å². The molecule has 1 aromatic carbocycles. The average molecular weight is 313 g/mol. The number of aryl methyl sites for hydroxylation is 1. The standard InChI is InChI=1S/C16H24N2O2.ClH/c1-3-13-7-4-5-8-14(13)15(19)17-11-16(12-20-2)9-6-10-18-16;/h4-5,7-8,18H,3,6,9-12H2,1-2H3,(H,17,19);1H. The molecule has 0 aromatic heterocycles. The van der Waals surface area contributed by atoms with Gasteiger partial charge in [0.1, 0.15) is 0 Å². The third-order valence-corrected chi connectivity index (χ3v) is 3.98. The second kappa shape index (κ2) is 8.37. The van der Waals surface area contributed by atoms with Crippen molar-refractivity contribution >= 4 is 18.3 Å². The highest BCUT2D eigenvalue weighted by Crippen LogP contribution is 2.19. The number of hydrogen-bond donors (Lipinski definition) is 2. The molecule has 118 valence electrons. The summed E-state index contributed by atoms with van der Waals surface area (Å²) in [5.74, 6) is 0.00614. The first-order valence-corrected chi connectivity index (χ1v) is 7.31. The summed E-state index contributed by atoms with van der Waals surface area (Å²) in [6.45, 7) is 4.29. The lowest BCUT2D eigenvalue weighted by atomic mass is 9.98. The summed E-state index contributed by atoms with van der Waals surface area (Å²) in [5.41, 5.74) is 1.76. The van der Waals surface area contributed by atoms with Gasteiger partial charge in [0, 0.05) is 19.2 Å². The number of amides is 1. The molecule has 1 heterocycles. The Bertz CT molecular complexity index is 459. The molecule has 21 heavy (non-hydrogen) atoms. The van der Waals surface area contributed by atoms with Crippen molar-refractivity contribution < 1.29 is 9.53 Å². The number of carbonyl (C=O) groups is 1. The average Bonchev–Trinajstić information content (AvgIpc) is 2.94. The molecular formula is C16H25ClN2O2. The van der Waals surface area contributed by atoms with E-state index in [2.05, 4.69) is 17.6 Å². The van der Waals surface area contributed by atoms with Crippen molar-refractivity contribution in [2.45, 2.75) is 31.7 Å². The Morgan fingerprint density at radius 2 is 2.19 bits per heavy atom. The van der Waals surface area contributed by atoms with E-state index < -0.39 is 0 Å². The Kier molecular flexibility index (Phi) is 7.15. The van der Waals surface area contributed by atoms with E-state index in [4.69, 9.17) is 4.74 Å². The summed E-state index contributed by atoms with van der Waals surface area (Å²) in [4.78, 5) is 12.3. The van der Waals surface area contributed by atoms with Crippen LogP contribution in [0.5, 0.6) is 0 Å². The Balaban J connectivity index is 0.00000220. The highest BCUT2D eigenvalue weighted by Gasteiger charge is 2.33. The second-order valence-electron chi connectivity index (χ2n) is 5.44. The molecule has 5 heteroatoms. The van der Waals surface area contributed by atoms with Gasteiger partial charge in [0.2, 0.25) is 0 Å². The van der Waals surface area contributed by atoms with Crippen LogP contribution in [-0.4, -0.2) is 38.3 Å². The van der Waals surface area contributed by atoms with Gasteiger partial charge in [0.25, 0.3) is 5.91 Å². The zero-order valence-corrected chi connectivity index (χ0v) is 13.6. The number of methoxy groups -OCH3 is 1. The van der Waals surface area contributed by atoms with Crippen molar-refractivity contribution in [1.82, 2.24) is 10.6 Å². The minimum atomic E-state index is -0.106. The molecule has 1 amide bonds. The van der Waals surface area contributed by atoms with E-state index in [9.17, 15) is 4.79 Å². The van der Waals surface area contributed by atoms with Crippen molar-refractivity contribution in [3.8, 4) is 0 Å². The van der Waals surface area contributed by atoms with Gasteiger partial charge in [-0.2, -0.15) is 0 Å². The summed E-state index contributed by atoms with van der Waals surface area (Å²) in [7, 11) is 1.70. The van der Waals surface area contributed by atoms with Crippen LogP contribution in [0.3, 0.4) is 0 Å². The van der Waals surface area contributed by atoms with Gasteiger partial charge in [-0.15, -0.1) is 12.4 Å². The third-order valence-electron chi connectivity index (χ3n) is 3.98. The zero-order chi connectivity index (χ0) is 14.4. The van der Waals surface area contributed by atoms with Crippen LogP contribution in [0.4, 0.5) is 0 Å². The molecule has 4 nitrogen and oxygen atoms in total. The van der Waals surface area contributed by atoms with Crippen molar-refractivity contribution in [3.05, 3.63) is 35.4 Å².